The fourth-order valence-electron chi connectivity index (χ4n) is 5.42. The van der Waals surface area contributed by atoms with Gasteiger partial charge in [0.1, 0.15) is 6.61 Å². The van der Waals surface area contributed by atoms with E-state index in [0.29, 0.717) is 6.42 Å². The molecule has 0 aliphatic rings. The number of rotatable bonds is 39. The third-order valence-corrected chi connectivity index (χ3v) is 9.47. The zero-order valence-electron chi connectivity index (χ0n) is 33.3. The van der Waals surface area contributed by atoms with E-state index in [1.165, 1.54) is 89.9 Å². The third kappa shape index (κ3) is 39.3. The summed E-state index contributed by atoms with van der Waals surface area (Å²) in [6.45, 7) is 4.13. The Hall–Kier alpha value is -1.96. The number of nitrogens with two attached hydrogens (primary N) is 1. The van der Waals surface area contributed by atoms with Crippen LogP contribution < -0.4 is 5.73 Å². The molecule has 0 amide bonds. The lowest BCUT2D eigenvalue weighted by atomic mass is 10.0. The zero-order valence-corrected chi connectivity index (χ0v) is 34.2. The van der Waals surface area contributed by atoms with Gasteiger partial charge in [0.25, 0.3) is 0 Å². The molecule has 52 heavy (non-hydrogen) atoms. The van der Waals surface area contributed by atoms with Gasteiger partial charge in [0.15, 0.2) is 6.10 Å². The molecule has 0 aromatic carbocycles. The smallest absolute Gasteiger partial charge is 0.472 e. The fraction of sp³-hybridized carbons (Fsp3) is 0.744. The van der Waals surface area contributed by atoms with Crippen LogP contribution in [0, 0.1) is 0 Å². The predicted octanol–water partition coefficient (Wildman–Crippen LogP) is 12.5. The van der Waals surface area contributed by atoms with E-state index in [0.717, 1.165) is 57.8 Å². The van der Waals surface area contributed by atoms with Crippen molar-refractivity contribution >= 4 is 13.8 Å². The first-order valence-corrected chi connectivity index (χ1v) is 22.3. The van der Waals surface area contributed by atoms with Gasteiger partial charge < -0.3 is 20.1 Å². The summed E-state index contributed by atoms with van der Waals surface area (Å²) in [5, 5.41) is 0. The average Bonchev–Trinajstić information content (AvgIpc) is 3.13. The maximum atomic E-state index is 12.5. The molecule has 3 N–H and O–H groups in total. The standard InChI is InChI=1S/C43H78NO7P/c1-3-5-7-9-11-13-15-17-19-21-22-24-26-28-30-32-34-36-43(45)51-42(41-50-52(46,47)49-39-37-44)40-48-38-35-33-31-29-27-25-23-20-18-16-14-12-10-8-6-4-2/h7,9,13,15,19,21,24,26,35,38,42H,3-6,8,10-12,14,16-18,20,22-23,25,27-34,36-37,39-41,44H2,1-2H3,(H,46,47)/b9-7+,15-13+,21-19+,26-24+,38-35+/t42-/m1/s1. The van der Waals surface area contributed by atoms with E-state index in [-0.39, 0.29) is 38.8 Å². The van der Waals surface area contributed by atoms with Crippen molar-refractivity contribution in [3.63, 3.8) is 0 Å². The summed E-state index contributed by atoms with van der Waals surface area (Å²) < 4.78 is 33.1. The number of phosphoric acid groups is 1. The number of phosphoric ester groups is 1. The lowest BCUT2D eigenvalue weighted by Gasteiger charge is -2.19. The summed E-state index contributed by atoms with van der Waals surface area (Å²) in [6.07, 6.45) is 49.0. The first-order valence-electron chi connectivity index (χ1n) is 20.8. The van der Waals surface area contributed by atoms with Crippen LogP contribution >= 0.6 is 7.82 Å². The molecule has 0 fully saturated rings. The van der Waals surface area contributed by atoms with Crippen LogP contribution in [0.4, 0.5) is 0 Å². The van der Waals surface area contributed by atoms with Crippen LogP contribution in [0.5, 0.6) is 0 Å². The molecule has 0 aromatic heterocycles. The number of esters is 1. The first kappa shape index (κ1) is 50.0. The van der Waals surface area contributed by atoms with Crippen LogP contribution in [0.3, 0.4) is 0 Å². The van der Waals surface area contributed by atoms with Gasteiger partial charge in [-0.3, -0.25) is 13.8 Å². The second-order valence-corrected chi connectivity index (χ2v) is 15.0. The number of carbonyl (C=O) groups is 1. The van der Waals surface area contributed by atoms with Crippen molar-refractivity contribution in [2.45, 2.75) is 180 Å². The Balaban J connectivity index is 4.18. The molecule has 0 spiro atoms. The second-order valence-electron chi connectivity index (χ2n) is 13.6. The molecule has 0 saturated heterocycles. The van der Waals surface area contributed by atoms with Gasteiger partial charge in [-0.2, -0.15) is 0 Å². The Bertz CT molecular complexity index is 979. The molecule has 0 aliphatic heterocycles. The van der Waals surface area contributed by atoms with Crippen LogP contribution in [0.2, 0.25) is 0 Å². The van der Waals surface area contributed by atoms with E-state index in [4.69, 9.17) is 24.3 Å². The Labute approximate surface area is 319 Å². The van der Waals surface area contributed by atoms with Gasteiger partial charge in [-0.05, 0) is 63.9 Å². The minimum Gasteiger partial charge on any atom is -0.498 e. The molecule has 0 radical (unpaired) electrons. The Kier molecular flexibility index (Phi) is 38.7. The first-order chi connectivity index (χ1) is 25.4. The number of unbranched alkanes of at least 4 members (excludes halogenated alkanes) is 18. The van der Waals surface area contributed by atoms with E-state index in [1.54, 1.807) is 6.26 Å². The van der Waals surface area contributed by atoms with Crippen LogP contribution in [-0.2, 0) is 27.9 Å². The predicted molar refractivity (Wildman–Crippen MR) is 219 cm³/mol. The van der Waals surface area contributed by atoms with Crippen molar-refractivity contribution in [1.29, 1.82) is 0 Å². The molecule has 8 nitrogen and oxygen atoms in total. The molecule has 302 valence electrons. The highest BCUT2D eigenvalue weighted by atomic mass is 31.2. The summed E-state index contributed by atoms with van der Waals surface area (Å²) in [4.78, 5) is 22.4. The van der Waals surface area contributed by atoms with E-state index in [2.05, 4.69) is 62.5 Å². The molecule has 1 unspecified atom stereocenters. The molecular formula is C43H78NO7P. The highest BCUT2D eigenvalue weighted by molar-refractivity contribution is 7.47. The Morgan fingerprint density at radius 2 is 1.08 bits per heavy atom. The topological polar surface area (TPSA) is 117 Å². The maximum Gasteiger partial charge on any atom is 0.472 e. The van der Waals surface area contributed by atoms with Crippen molar-refractivity contribution in [2.75, 3.05) is 26.4 Å². The molecule has 2 atom stereocenters. The molecule has 0 saturated carbocycles. The zero-order chi connectivity index (χ0) is 38.1. The summed E-state index contributed by atoms with van der Waals surface area (Å²) in [5.74, 6) is -0.383. The summed E-state index contributed by atoms with van der Waals surface area (Å²) in [7, 11) is -4.30. The van der Waals surface area contributed by atoms with Crippen LogP contribution in [0.25, 0.3) is 0 Å². The minimum absolute atomic E-state index is 0.0176. The molecule has 0 heterocycles. The lowest BCUT2D eigenvalue weighted by Crippen LogP contribution is -2.27. The number of allylic oxidation sites excluding steroid dienone is 9. The van der Waals surface area contributed by atoms with Crippen molar-refractivity contribution in [3.05, 3.63) is 60.9 Å². The average molecular weight is 752 g/mol. The van der Waals surface area contributed by atoms with Gasteiger partial charge in [0.2, 0.25) is 0 Å². The van der Waals surface area contributed by atoms with E-state index in [9.17, 15) is 14.3 Å². The molecule has 0 aliphatic carbocycles. The summed E-state index contributed by atoms with van der Waals surface area (Å²) in [6, 6.07) is 0. The number of carbonyl (C=O) groups excluding carboxylic acids is 1. The minimum atomic E-state index is -4.30. The number of ether oxygens (including phenoxy) is 2. The highest BCUT2D eigenvalue weighted by Gasteiger charge is 2.25. The largest absolute Gasteiger partial charge is 0.498 e. The number of hydrogen-bond acceptors (Lipinski definition) is 7. The molecular weight excluding hydrogens is 673 g/mol. The van der Waals surface area contributed by atoms with Crippen molar-refractivity contribution in [2.24, 2.45) is 5.73 Å². The van der Waals surface area contributed by atoms with Crippen LogP contribution in [0.1, 0.15) is 174 Å². The van der Waals surface area contributed by atoms with Crippen molar-refractivity contribution in [1.82, 2.24) is 0 Å². The van der Waals surface area contributed by atoms with Crippen LogP contribution in [0.15, 0.2) is 60.9 Å². The van der Waals surface area contributed by atoms with E-state index in [1.807, 2.05) is 6.08 Å². The van der Waals surface area contributed by atoms with Crippen molar-refractivity contribution in [3.8, 4) is 0 Å². The van der Waals surface area contributed by atoms with Gasteiger partial charge in [-0.25, -0.2) is 4.57 Å². The van der Waals surface area contributed by atoms with Crippen LogP contribution in [-0.4, -0.2) is 43.3 Å². The fourth-order valence-corrected chi connectivity index (χ4v) is 6.19. The molecule has 9 heteroatoms. The van der Waals surface area contributed by atoms with Gasteiger partial charge in [-0.1, -0.05) is 159 Å². The van der Waals surface area contributed by atoms with E-state index < -0.39 is 13.9 Å². The van der Waals surface area contributed by atoms with E-state index >= 15 is 0 Å². The summed E-state index contributed by atoms with van der Waals surface area (Å²) >= 11 is 0. The normalized spacial score (nSPS) is 14.1. The molecule has 0 aromatic rings. The third-order valence-electron chi connectivity index (χ3n) is 8.48. The highest BCUT2D eigenvalue weighted by Crippen LogP contribution is 2.43. The number of hydrogen-bond donors (Lipinski definition) is 2. The van der Waals surface area contributed by atoms with Gasteiger partial charge in [0, 0.05) is 13.0 Å². The second kappa shape index (κ2) is 40.2. The Morgan fingerprint density at radius 1 is 0.596 bits per heavy atom. The monoisotopic (exact) mass is 752 g/mol. The van der Waals surface area contributed by atoms with Gasteiger partial charge in [-0.15, -0.1) is 0 Å². The molecule has 0 bridgehead atoms. The molecule has 0 rings (SSSR count). The maximum absolute atomic E-state index is 12.5. The van der Waals surface area contributed by atoms with Gasteiger partial charge >= 0.3 is 13.8 Å². The van der Waals surface area contributed by atoms with Gasteiger partial charge in [0.05, 0.1) is 19.5 Å². The lowest BCUT2D eigenvalue weighted by molar-refractivity contribution is -0.153. The summed E-state index contributed by atoms with van der Waals surface area (Å²) in [5.41, 5.74) is 5.35. The SMILES string of the molecule is CCC/C=C/C/C=C/C/C=C/C/C=C/CCCCCC(=O)O[C@H](CO/C=C/CCCCCCCCCCCCCCCC)COP(=O)(O)OCCN. The quantitative estimate of drug-likeness (QED) is 0.0210. The Morgan fingerprint density at radius 3 is 1.62 bits per heavy atom. The van der Waals surface area contributed by atoms with Crippen molar-refractivity contribution < 1.29 is 32.8 Å².